The number of unbranched alkanes of at least 4 members (excludes halogenated alkanes) is 48. The van der Waals surface area contributed by atoms with Crippen LogP contribution < -0.4 is 0 Å². The minimum atomic E-state index is -4.98. The predicted molar refractivity (Wildman–Crippen MR) is 427 cm³/mol. The van der Waals surface area contributed by atoms with Crippen LogP contribution in [0.25, 0.3) is 0 Å². The molecule has 0 aromatic carbocycles. The zero-order chi connectivity index (χ0) is 76.0. The van der Waals surface area contributed by atoms with Gasteiger partial charge in [0, 0.05) is 25.7 Å². The third-order valence-electron chi connectivity index (χ3n) is 18.8. The molecule has 0 saturated heterocycles. The third kappa shape index (κ3) is 77.2. The van der Waals surface area contributed by atoms with Crippen LogP contribution in [-0.2, 0) is 65.4 Å². The van der Waals surface area contributed by atoms with Gasteiger partial charge >= 0.3 is 39.5 Å². The summed E-state index contributed by atoms with van der Waals surface area (Å²) in [6, 6.07) is 0. The number of rotatable bonds is 82. The molecule has 0 aliphatic heterocycles. The van der Waals surface area contributed by atoms with E-state index in [4.69, 9.17) is 37.0 Å². The molecule has 0 rings (SSSR count). The van der Waals surface area contributed by atoms with Crippen molar-refractivity contribution in [3.05, 3.63) is 48.6 Å². The lowest BCUT2D eigenvalue weighted by Gasteiger charge is -2.21. The first-order valence-electron chi connectivity index (χ1n) is 42.9. The number of phosphoric acid groups is 2. The minimum absolute atomic E-state index is 0.0873. The summed E-state index contributed by atoms with van der Waals surface area (Å²) >= 11 is 0. The Morgan fingerprint density at radius 1 is 0.269 bits per heavy atom. The van der Waals surface area contributed by atoms with E-state index >= 15 is 0 Å². The maximum absolute atomic E-state index is 13.1. The van der Waals surface area contributed by atoms with E-state index in [2.05, 4.69) is 76.3 Å². The topological polar surface area (TPSA) is 237 Å². The number of esters is 4. The van der Waals surface area contributed by atoms with Gasteiger partial charge in [-0.1, -0.05) is 346 Å². The molecule has 0 heterocycles. The smallest absolute Gasteiger partial charge is 0.462 e. The summed E-state index contributed by atoms with van der Waals surface area (Å²) in [6.07, 6.45) is 77.8. The number of allylic oxidation sites excluding steroid dienone is 8. The average Bonchev–Trinajstić information content (AvgIpc) is 0.918. The van der Waals surface area contributed by atoms with Crippen LogP contribution in [0.5, 0.6) is 0 Å². The van der Waals surface area contributed by atoms with Gasteiger partial charge in [-0.2, -0.15) is 0 Å². The number of aliphatic hydroxyl groups excluding tert-OH is 1. The molecule has 5 unspecified atom stereocenters. The molecule has 19 heteroatoms. The SMILES string of the molecule is CCCCC/C=C\C/C=C\C/C=C\CCCCCCCCC(=O)OCC(COP(=O)(O)OCC(O)COP(=O)(O)OCC(COC(=O)CCCCCCCCCCCCCCCCC)OC(=O)CCCCCCCCCCCCCCCCC)OC(=O)CCCCCCC/C=C\CCCCCCCC. The Kier molecular flexibility index (Phi) is 75.9. The maximum Gasteiger partial charge on any atom is 0.472 e. The molecule has 0 aromatic heterocycles. The summed E-state index contributed by atoms with van der Waals surface area (Å²) in [5.41, 5.74) is 0. The van der Waals surface area contributed by atoms with E-state index in [1.165, 1.54) is 193 Å². The highest BCUT2D eigenvalue weighted by Gasteiger charge is 2.30. The van der Waals surface area contributed by atoms with E-state index in [9.17, 15) is 43.2 Å². The Morgan fingerprint density at radius 3 is 0.750 bits per heavy atom. The number of carbonyl (C=O) groups excluding carboxylic acids is 4. The largest absolute Gasteiger partial charge is 0.472 e. The second kappa shape index (κ2) is 78.2. The van der Waals surface area contributed by atoms with Gasteiger partial charge in [0.05, 0.1) is 26.4 Å². The molecule has 0 aromatic rings. The van der Waals surface area contributed by atoms with Crippen LogP contribution in [0.1, 0.15) is 413 Å². The van der Waals surface area contributed by atoms with Crippen LogP contribution in [0.15, 0.2) is 48.6 Å². The highest BCUT2D eigenvalue weighted by atomic mass is 31.2. The van der Waals surface area contributed by atoms with Crippen molar-refractivity contribution in [3.8, 4) is 0 Å². The number of hydrogen-bond donors (Lipinski definition) is 3. The van der Waals surface area contributed by atoms with Gasteiger partial charge in [-0.3, -0.25) is 37.3 Å². The van der Waals surface area contributed by atoms with E-state index in [1.54, 1.807) is 0 Å². The van der Waals surface area contributed by atoms with Gasteiger partial charge < -0.3 is 33.8 Å². The molecule has 17 nitrogen and oxygen atoms in total. The molecule has 3 N–H and O–H groups in total. The number of phosphoric ester groups is 2. The normalized spacial score (nSPS) is 14.0. The van der Waals surface area contributed by atoms with E-state index in [0.29, 0.717) is 25.7 Å². The van der Waals surface area contributed by atoms with Crippen molar-refractivity contribution in [1.82, 2.24) is 0 Å². The molecule has 0 amide bonds. The third-order valence-corrected chi connectivity index (χ3v) is 20.7. The lowest BCUT2D eigenvalue weighted by molar-refractivity contribution is -0.161. The van der Waals surface area contributed by atoms with Gasteiger partial charge in [-0.25, -0.2) is 9.13 Å². The van der Waals surface area contributed by atoms with Crippen molar-refractivity contribution < 1.29 is 80.2 Å². The molecule has 0 spiro atoms. The van der Waals surface area contributed by atoms with E-state index in [1.807, 2.05) is 0 Å². The second-order valence-electron chi connectivity index (χ2n) is 29.1. The van der Waals surface area contributed by atoms with Crippen molar-refractivity contribution in [1.29, 1.82) is 0 Å². The van der Waals surface area contributed by atoms with Crippen molar-refractivity contribution in [3.63, 3.8) is 0 Å². The molecule has 0 aliphatic rings. The summed E-state index contributed by atoms with van der Waals surface area (Å²) in [5.74, 6) is -2.15. The van der Waals surface area contributed by atoms with Crippen molar-refractivity contribution in [2.75, 3.05) is 39.6 Å². The standard InChI is InChI=1S/C85H158O17P2/c1-5-9-13-17-21-25-29-33-37-38-39-40-44-46-50-54-58-62-66-70-83(88)96-76-81(102-85(90)72-68-64-60-56-52-48-43-36-32-28-24-20-16-12-8-4)78-100-104(93,94)98-74-79(86)73-97-103(91,92)99-77-80(101-84(89)71-67-63-59-55-51-47-42-35-31-27-23-19-15-11-7-3)75-95-82(87)69-65-61-57-53-49-45-41-34-30-26-22-18-14-10-6-2/h21,25,33,36-37,39-40,43,79-81,86H,5-20,22-24,26-32,34-35,38,41-42,44-78H2,1-4H3,(H,91,92)(H,93,94)/b25-21-,37-33-,40-39-,43-36-. The highest BCUT2D eigenvalue weighted by molar-refractivity contribution is 7.47. The summed E-state index contributed by atoms with van der Waals surface area (Å²) in [5, 5.41) is 10.7. The van der Waals surface area contributed by atoms with E-state index < -0.39 is 97.5 Å². The Bertz CT molecular complexity index is 2150. The molecule has 0 aliphatic carbocycles. The van der Waals surface area contributed by atoms with Gasteiger partial charge in [-0.05, 0) is 89.9 Å². The molecule has 104 heavy (non-hydrogen) atoms. The lowest BCUT2D eigenvalue weighted by atomic mass is 10.0. The van der Waals surface area contributed by atoms with Crippen LogP contribution in [0, 0.1) is 0 Å². The molecule has 0 saturated carbocycles. The van der Waals surface area contributed by atoms with Crippen molar-refractivity contribution in [2.24, 2.45) is 0 Å². The monoisotopic (exact) mass is 1510 g/mol. The van der Waals surface area contributed by atoms with Crippen molar-refractivity contribution in [2.45, 2.75) is 431 Å². The molecule has 610 valence electrons. The minimum Gasteiger partial charge on any atom is -0.462 e. The van der Waals surface area contributed by atoms with Gasteiger partial charge in [-0.15, -0.1) is 0 Å². The number of ether oxygens (including phenoxy) is 4. The number of carbonyl (C=O) groups is 4. The fourth-order valence-electron chi connectivity index (χ4n) is 12.2. The fourth-order valence-corrected chi connectivity index (χ4v) is 13.8. The second-order valence-corrected chi connectivity index (χ2v) is 32.0. The Labute approximate surface area is 636 Å². The van der Waals surface area contributed by atoms with Gasteiger partial charge in [0.1, 0.15) is 19.3 Å². The molecular formula is C85H158O17P2. The van der Waals surface area contributed by atoms with Crippen LogP contribution in [0.2, 0.25) is 0 Å². The summed E-state index contributed by atoms with van der Waals surface area (Å²) in [7, 11) is -9.95. The maximum atomic E-state index is 13.1. The zero-order valence-corrected chi connectivity index (χ0v) is 68.8. The van der Waals surface area contributed by atoms with Crippen LogP contribution >= 0.6 is 15.6 Å². The Morgan fingerprint density at radius 2 is 0.471 bits per heavy atom. The molecular weight excluding hydrogens is 1350 g/mol. The first-order valence-corrected chi connectivity index (χ1v) is 45.9. The Balaban J connectivity index is 5.32. The molecule has 0 radical (unpaired) electrons. The highest BCUT2D eigenvalue weighted by Crippen LogP contribution is 2.45. The van der Waals surface area contributed by atoms with Gasteiger partial charge in [0.2, 0.25) is 0 Å². The van der Waals surface area contributed by atoms with E-state index in [-0.39, 0.29) is 25.7 Å². The molecule has 0 bridgehead atoms. The number of aliphatic hydroxyl groups is 1. The average molecular weight is 1510 g/mol. The molecule has 5 atom stereocenters. The van der Waals surface area contributed by atoms with Gasteiger partial charge in [0.25, 0.3) is 0 Å². The summed E-state index contributed by atoms with van der Waals surface area (Å²) in [6.45, 7) is 4.94. The van der Waals surface area contributed by atoms with Crippen LogP contribution in [0.4, 0.5) is 0 Å². The summed E-state index contributed by atoms with van der Waals surface area (Å²) in [4.78, 5) is 73.2. The first kappa shape index (κ1) is 101. The fraction of sp³-hybridized carbons (Fsp3) is 0.859. The zero-order valence-electron chi connectivity index (χ0n) is 67.0. The summed E-state index contributed by atoms with van der Waals surface area (Å²) < 4.78 is 68.8. The Hall–Kier alpha value is -2.98. The predicted octanol–water partition coefficient (Wildman–Crippen LogP) is 25.2. The number of hydrogen-bond acceptors (Lipinski definition) is 15. The van der Waals surface area contributed by atoms with Crippen LogP contribution in [-0.4, -0.2) is 96.7 Å². The first-order chi connectivity index (χ1) is 50.7. The molecule has 0 fully saturated rings. The van der Waals surface area contributed by atoms with Crippen LogP contribution in [0.3, 0.4) is 0 Å². The van der Waals surface area contributed by atoms with E-state index in [0.717, 1.165) is 141 Å². The lowest BCUT2D eigenvalue weighted by Crippen LogP contribution is -2.30. The van der Waals surface area contributed by atoms with Crippen molar-refractivity contribution >= 4 is 39.5 Å². The quantitative estimate of drug-likeness (QED) is 0.0169. The van der Waals surface area contributed by atoms with Gasteiger partial charge in [0.15, 0.2) is 12.2 Å².